The second-order valence-corrected chi connectivity index (χ2v) is 8.48. The van der Waals surface area contributed by atoms with Crippen LogP contribution in [0.3, 0.4) is 0 Å². The van der Waals surface area contributed by atoms with Crippen LogP contribution < -0.4 is 5.32 Å². The van der Waals surface area contributed by atoms with Gasteiger partial charge in [0.1, 0.15) is 0 Å². The molecule has 3 aliphatic carbocycles. The first-order valence-corrected chi connectivity index (χ1v) is 9.05. The number of nitrogens with zero attached hydrogens (tertiary/aromatic N) is 1. The Bertz CT molecular complexity index is 303. The molecule has 0 aromatic carbocycles. The van der Waals surface area contributed by atoms with Crippen molar-refractivity contribution in [3.8, 4) is 0 Å². The zero-order chi connectivity index (χ0) is 14.2. The average molecular weight is 278 g/mol. The fraction of sp³-hybridized carbons (Fsp3) is 1.00. The molecule has 3 rings (SSSR count). The first-order chi connectivity index (χ1) is 9.57. The molecule has 0 bridgehead atoms. The molecule has 0 saturated heterocycles. The van der Waals surface area contributed by atoms with E-state index in [1.807, 2.05) is 0 Å². The lowest BCUT2D eigenvalue weighted by atomic mass is 9.72. The van der Waals surface area contributed by atoms with Gasteiger partial charge in [0, 0.05) is 25.2 Å². The van der Waals surface area contributed by atoms with Gasteiger partial charge in [-0.25, -0.2) is 0 Å². The van der Waals surface area contributed by atoms with Crippen LogP contribution in [-0.2, 0) is 0 Å². The van der Waals surface area contributed by atoms with E-state index in [4.69, 9.17) is 0 Å². The minimum absolute atomic E-state index is 0.544. The highest BCUT2D eigenvalue weighted by atomic mass is 15.2. The molecule has 0 radical (unpaired) electrons. The predicted molar refractivity (Wildman–Crippen MR) is 85.9 cm³/mol. The molecule has 2 heteroatoms. The quantitative estimate of drug-likeness (QED) is 0.764. The molecule has 0 aromatic rings. The van der Waals surface area contributed by atoms with Gasteiger partial charge in [0.2, 0.25) is 0 Å². The third-order valence-electron chi connectivity index (χ3n) is 5.67. The van der Waals surface area contributed by atoms with Crippen LogP contribution in [0.2, 0.25) is 0 Å². The Morgan fingerprint density at radius 1 is 1.00 bits per heavy atom. The zero-order valence-electron chi connectivity index (χ0n) is 13.8. The van der Waals surface area contributed by atoms with Gasteiger partial charge in [-0.15, -0.1) is 0 Å². The summed E-state index contributed by atoms with van der Waals surface area (Å²) in [4.78, 5) is 2.91. The van der Waals surface area contributed by atoms with Gasteiger partial charge in [0.15, 0.2) is 0 Å². The van der Waals surface area contributed by atoms with Crippen molar-refractivity contribution >= 4 is 0 Å². The number of nitrogens with one attached hydrogen (secondary N) is 1. The highest BCUT2D eigenvalue weighted by Crippen LogP contribution is 2.41. The van der Waals surface area contributed by atoms with E-state index in [1.54, 1.807) is 0 Å². The van der Waals surface area contributed by atoms with Gasteiger partial charge < -0.3 is 5.32 Å². The molecule has 20 heavy (non-hydrogen) atoms. The lowest BCUT2D eigenvalue weighted by molar-refractivity contribution is 0.0587. The van der Waals surface area contributed by atoms with E-state index in [2.05, 4.69) is 31.0 Å². The minimum Gasteiger partial charge on any atom is -0.313 e. The van der Waals surface area contributed by atoms with E-state index >= 15 is 0 Å². The van der Waals surface area contributed by atoms with Crippen molar-refractivity contribution in [3.05, 3.63) is 0 Å². The molecule has 0 amide bonds. The summed E-state index contributed by atoms with van der Waals surface area (Å²) in [5.74, 6) is 2.06. The fourth-order valence-electron chi connectivity index (χ4n) is 4.04. The zero-order valence-corrected chi connectivity index (χ0v) is 13.8. The van der Waals surface area contributed by atoms with Crippen molar-refractivity contribution < 1.29 is 0 Å². The van der Waals surface area contributed by atoms with Crippen LogP contribution >= 0.6 is 0 Å². The standard InChI is InChI=1S/C18H34N2/c1-4-19-16-9-10-18(2,3)11-17(16)20(12-14-5-6-14)13-15-7-8-15/h14-17,19H,4-13H2,1-3H3. The van der Waals surface area contributed by atoms with Crippen LogP contribution in [0, 0.1) is 17.3 Å². The smallest absolute Gasteiger partial charge is 0.0254 e. The van der Waals surface area contributed by atoms with Gasteiger partial charge in [-0.05, 0) is 68.7 Å². The van der Waals surface area contributed by atoms with Crippen LogP contribution in [0.25, 0.3) is 0 Å². The highest BCUT2D eigenvalue weighted by Gasteiger charge is 2.40. The maximum Gasteiger partial charge on any atom is 0.0254 e. The summed E-state index contributed by atoms with van der Waals surface area (Å²) in [5, 5.41) is 3.80. The summed E-state index contributed by atoms with van der Waals surface area (Å²) in [5.41, 5.74) is 0.544. The molecule has 0 aromatic heterocycles. The summed E-state index contributed by atoms with van der Waals surface area (Å²) in [6.07, 6.45) is 10.1. The lowest BCUT2D eigenvalue weighted by Gasteiger charge is -2.46. The third kappa shape index (κ3) is 3.98. The van der Waals surface area contributed by atoms with E-state index < -0.39 is 0 Å². The second-order valence-electron chi connectivity index (χ2n) is 8.48. The Hall–Kier alpha value is -0.0800. The Kier molecular flexibility index (Phi) is 4.42. The third-order valence-corrected chi connectivity index (χ3v) is 5.67. The van der Waals surface area contributed by atoms with Crippen LogP contribution in [0.15, 0.2) is 0 Å². The number of rotatable bonds is 7. The second kappa shape index (κ2) is 5.96. The van der Waals surface area contributed by atoms with Gasteiger partial charge >= 0.3 is 0 Å². The predicted octanol–water partition coefficient (Wildman–Crippen LogP) is 3.67. The Morgan fingerprint density at radius 3 is 2.10 bits per heavy atom. The largest absolute Gasteiger partial charge is 0.313 e. The normalized spacial score (nSPS) is 33.6. The van der Waals surface area contributed by atoms with Gasteiger partial charge in [-0.2, -0.15) is 0 Å². The molecule has 116 valence electrons. The maximum atomic E-state index is 3.80. The van der Waals surface area contributed by atoms with E-state index in [1.165, 1.54) is 58.0 Å². The lowest BCUT2D eigenvalue weighted by Crippen LogP contribution is -2.55. The van der Waals surface area contributed by atoms with Crippen LogP contribution in [-0.4, -0.2) is 36.6 Å². The number of hydrogen-bond acceptors (Lipinski definition) is 2. The van der Waals surface area contributed by atoms with Crippen molar-refractivity contribution in [2.75, 3.05) is 19.6 Å². The summed E-state index contributed by atoms with van der Waals surface area (Å²) in [7, 11) is 0. The maximum absolute atomic E-state index is 3.80. The fourth-order valence-corrected chi connectivity index (χ4v) is 4.04. The summed E-state index contributed by atoms with van der Waals surface area (Å²) >= 11 is 0. The Labute approximate surface area is 125 Å². The van der Waals surface area contributed by atoms with Crippen molar-refractivity contribution in [1.82, 2.24) is 10.2 Å². The van der Waals surface area contributed by atoms with Crippen LogP contribution in [0.1, 0.15) is 65.7 Å². The topological polar surface area (TPSA) is 15.3 Å². The minimum atomic E-state index is 0.544. The Balaban J connectivity index is 1.68. The van der Waals surface area contributed by atoms with Crippen molar-refractivity contribution in [3.63, 3.8) is 0 Å². The molecule has 3 saturated carbocycles. The van der Waals surface area contributed by atoms with Gasteiger partial charge in [-0.1, -0.05) is 20.8 Å². The summed E-state index contributed by atoms with van der Waals surface area (Å²) in [6, 6.07) is 1.53. The van der Waals surface area contributed by atoms with Crippen molar-refractivity contribution in [1.29, 1.82) is 0 Å². The van der Waals surface area contributed by atoms with E-state index in [9.17, 15) is 0 Å². The Morgan fingerprint density at radius 2 is 1.60 bits per heavy atom. The molecule has 3 fully saturated rings. The number of likely N-dealkylation sites (N-methyl/N-ethyl adjacent to an activating group) is 1. The molecule has 2 atom stereocenters. The summed E-state index contributed by atoms with van der Waals surface area (Å²) in [6.45, 7) is 11.1. The van der Waals surface area contributed by atoms with Crippen molar-refractivity contribution in [2.24, 2.45) is 17.3 Å². The molecule has 2 nitrogen and oxygen atoms in total. The SMILES string of the molecule is CCNC1CCC(C)(C)CC1N(CC1CC1)CC1CC1. The monoisotopic (exact) mass is 278 g/mol. The molecule has 0 spiro atoms. The molecule has 3 aliphatic rings. The molecule has 1 N–H and O–H groups in total. The first kappa shape index (κ1) is 14.8. The van der Waals surface area contributed by atoms with E-state index in [0.29, 0.717) is 5.41 Å². The molecule has 0 heterocycles. The first-order valence-electron chi connectivity index (χ1n) is 9.05. The van der Waals surface area contributed by atoms with E-state index in [-0.39, 0.29) is 0 Å². The average Bonchev–Trinajstić information content (AvgIpc) is 3.25. The number of hydrogen-bond donors (Lipinski definition) is 1. The molecule has 0 aliphatic heterocycles. The van der Waals surface area contributed by atoms with E-state index in [0.717, 1.165) is 30.5 Å². The molecule has 2 unspecified atom stereocenters. The van der Waals surface area contributed by atoms with Crippen LogP contribution in [0.4, 0.5) is 0 Å². The van der Waals surface area contributed by atoms with Crippen molar-refractivity contribution in [2.45, 2.75) is 77.8 Å². The summed E-state index contributed by atoms with van der Waals surface area (Å²) < 4.78 is 0. The van der Waals surface area contributed by atoms with Gasteiger partial charge in [0.25, 0.3) is 0 Å². The van der Waals surface area contributed by atoms with Gasteiger partial charge in [-0.3, -0.25) is 4.90 Å². The molecular weight excluding hydrogens is 244 g/mol. The highest BCUT2D eigenvalue weighted by molar-refractivity contribution is 4.97. The van der Waals surface area contributed by atoms with Gasteiger partial charge in [0.05, 0.1) is 0 Å². The molecular formula is C18H34N2. The van der Waals surface area contributed by atoms with Crippen LogP contribution in [0.5, 0.6) is 0 Å².